The Morgan fingerprint density at radius 2 is 1.86 bits per heavy atom. The van der Waals surface area contributed by atoms with Crippen LogP contribution in [0.15, 0.2) is 24.3 Å². The van der Waals surface area contributed by atoms with Crippen LogP contribution in [0.4, 0.5) is 5.69 Å². The van der Waals surface area contributed by atoms with Gasteiger partial charge < -0.3 is 10.2 Å². The van der Waals surface area contributed by atoms with Crippen LogP contribution in [0.3, 0.4) is 0 Å². The summed E-state index contributed by atoms with van der Waals surface area (Å²) in [4.78, 5) is 2.64. The molecule has 1 aromatic carbocycles. The van der Waals surface area contributed by atoms with Crippen molar-refractivity contribution in [3.63, 3.8) is 0 Å². The molecule has 2 heteroatoms. The molecule has 0 aromatic heterocycles. The van der Waals surface area contributed by atoms with Crippen LogP contribution in [0.1, 0.15) is 70.9 Å². The zero-order valence-electron chi connectivity index (χ0n) is 14.1. The number of anilines is 1. The first kappa shape index (κ1) is 16.4. The van der Waals surface area contributed by atoms with Crippen LogP contribution in [0.2, 0.25) is 0 Å². The highest BCUT2D eigenvalue weighted by molar-refractivity contribution is 5.49. The number of benzene rings is 1. The van der Waals surface area contributed by atoms with Gasteiger partial charge in [-0.25, -0.2) is 0 Å². The average Bonchev–Trinajstić information content (AvgIpc) is 2.78. The predicted octanol–water partition coefficient (Wildman–Crippen LogP) is 4.91. The molecule has 0 radical (unpaired) electrons. The van der Waals surface area contributed by atoms with E-state index < -0.39 is 0 Å². The lowest BCUT2D eigenvalue weighted by atomic mass is 10.0. The lowest BCUT2D eigenvalue weighted by Gasteiger charge is -2.32. The Kier molecular flexibility index (Phi) is 6.56. The van der Waals surface area contributed by atoms with E-state index in [0.717, 1.165) is 19.0 Å². The summed E-state index contributed by atoms with van der Waals surface area (Å²) in [5.74, 6) is 0. The molecular formula is C19H32N2. The maximum absolute atomic E-state index is 3.56. The fourth-order valence-corrected chi connectivity index (χ4v) is 3.58. The normalized spacial score (nSPS) is 21.1. The molecule has 0 spiro atoms. The van der Waals surface area contributed by atoms with Crippen molar-refractivity contribution in [2.75, 3.05) is 18.0 Å². The molecule has 1 aliphatic rings. The maximum Gasteiger partial charge on any atom is 0.0368 e. The molecule has 118 valence electrons. The van der Waals surface area contributed by atoms with Gasteiger partial charge in [0.25, 0.3) is 0 Å². The smallest absolute Gasteiger partial charge is 0.0368 e. The van der Waals surface area contributed by atoms with Crippen molar-refractivity contribution in [1.29, 1.82) is 0 Å². The van der Waals surface area contributed by atoms with E-state index in [2.05, 4.69) is 55.3 Å². The minimum absolute atomic E-state index is 0.496. The summed E-state index contributed by atoms with van der Waals surface area (Å²) in [5, 5.41) is 3.56. The molecule has 1 N–H and O–H groups in total. The Morgan fingerprint density at radius 3 is 2.48 bits per heavy atom. The summed E-state index contributed by atoms with van der Waals surface area (Å²) in [6, 6.07) is 10.5. The minimum atomic E-state index is 0.496. The molecule has 2 unspecified atom stereocenters. The molecule has 21 heavy (non-hydrogen) atoms. The van der Waals surface area contributed by atoms with Crippen LogP contribution in [-0.2, 0) is 0 Å². The zero-order chi connectivity index (χ0) is 15.1. The third-order valence-electron chi connectivity index (χ3n) is 4.83. The fourth-order valence-electron chi connectivity index (χ4n) is 3.58. The summed E-state index contributed by atoms with van der Waals surface area (Å²) in [6.07, 6.45) is 7.89. The van der Waals surface area contributed by atoms with Gasteiger partial charge in [-0.1, -0.05) is 45.7 Å². The predicted molar refractivity (Wildman–Crippen MR) is 93.0 cm³/mol. The molecule has 1 saturated heterocycles. The van der Waals surface area contributed by atoms with Crippen molar-refractivity contribution >= 4 is 5.69 Å². The van der Waals surface area contributed by atoms with E-state index in [1.165, 1.54) is 49.9 Å². The molecule has 2 nitrogen and oxygen atoms in total. The van der Waals surface area contributed by atoms with Crippen molar-refractivity contribution in [3.8, 4) is 0 Å². The minimum Gasteiger partial charge on any atom is -0.369 e. The van der Waals surface area contributed by atoms with Crippen LogP contribution < -0.4 is 10.2 Å². The van der Waals surface area contributed by atoms with Gasteiger partial charge in [-0.3, -0.25) is 0 Å². The average molecular weight is 288 g/mol. The summed E-state index contributed by atoms with van der Waals surface area (Å²) in [6.45, 7) is 9.02. The number of rotatable bonds is 6. The van der Waals surface area contributed by atoms with Gasteiger partial charge in [0.1, 0.15) is 0 Å². The molecule has 1 fully saturated rings. The quantitative estimate of drug-likeness (QED) is 0.800. The highest BCUT2D eigenvalue weighted by atomic mass is 15.2. The van der Waals surface area contributed by atoms with Gasteiger partial charge >= 0.3 is 0 Å². The monoisotopic (exact) mass is 288 g/mol. The van der Waals surface area contributed by atoms with E-state index in [4.69, 9.17) is 0 Å². The van der Waals surface area contributed by atoms with Crippen LogP contribution in [0, 0.1) is 0 Å². The zero-order valence-corrected chi connectivity index (χ0v) is 14.1. The summed E-state index contributed by atoms with van der Waals surface area (Å²) in [5.41, 5.74) is 2.84. The number of nitrogens with one attached hydrogen (secondary N) is 1. The third kappa shape index (κ3) is 4.23. The molecule has 0 bridgehead atoms. The molecule has 0 saturated carbocycles. The van der Waals surface area contributed by atoms with Gasteiger partial charge in [0.2, 0.25) is 0 Å². The number of hydrogen-bond acceptors (Lipinski definition) is 2. The summed E-state index contributed by atoms with van der Waals surface area (Å²) < 4.78 is 0. The van der Waals surface area contributed by atoms with Crippen molar-refractivity contribution in [1.82, 2.24) is 5.32 Å². The highest BCUT2D eigenvalue weighted by Gasteiger charge is 2.19. The molecule has 1 heterocycles. The van der Waals surface area contributed by atoms with E-state index in [1.807, 2.05) is 0 Å². The molecule has 0 amide bonds. The lowest BCUT2D eigenvalue weighted by molar-refractivity contribution is 0.536. The van der Waals surface area contributed by atoms with Crippen molar-refractivity contribution in [2.45, 2.75) is 71.4 Å². The SMILES string of the molecule is CCNC(CC)c1ccc(N2CCCCCC2CC)cc1. The summed E-state index contributed by atoms with van der Waals surface area (Å²) >= 11 is 0. The topological polar surface area (TPSA) is 15.3 Å². The Morgan fingerprint density at radius 1 is 1.10 bits per heavy atom. The van der Waals surface area contributed by atoms with Crippen molar-refractivity contribution in [2.24, 2.45) is 0 Å². The number of nitrogens with zero attached hydrogens (tertiary/aromatic N) is 1. The fraction of sp³-hybridized carbons (Fsp3) is 0.684. The standard InChI is InChI=1S/C19H32N2/c1-4-17-10-8-7-9-15-21(17)18-13-11-16(12-14-18)19(5-2)20-6-3/h11-14,17,19-20H,4-10,15H2,1-3H3. The van der Waals surface area contributed by atoms with Gasteiger partial charge in [-0.15, -0.1) is 0 Å². The van der Waals surface area contributed by atoms with Gasteiger partial charge in [0, 0.05) is 24.3 Å². The first-order valence-corrected chi connectivity index (χ1v) is 8.90. The molecule has 2 atom stereocenters. The van der Waals surface area contributed by atoms with Gasteiger partial charge in [-0.2, -0.15) is 0 Å². The van der Waals surface area contributed by atoms with Crippen LogP contribution in [-0.4, -0.2) is 19.1 Å². The first-order chi connectivity index (χ1) is 10.3. The highest BCUT2D eigenvalue weighted by Crippen LogP contribution is 2.27. The Labute approximate surface area is 130 Å². The van der Waals surface area contributed by atoms with E-state index in [0.29, 0.717) is 6.04 Å². The van der Waals surface area contributed by atoms with Gasteiger partial charge in [-0.05, 0) is 49.9 Å². The summed E-state index contributed by atoms with van der Waals surface area (Å²) in [7, 11) is 0. The van der Waals surface area contributed by atoms with Crippen molar-refractivity contribution < 1.29 is 0 Å². The Bertz CT molecular complexity index is 399. The molecule has 1 aromatic rings. The van der Waals surface area contributed by atoms with Crippen LogP contribution >= 0.6 is 0 Å². The van der Waals surface area contributed by atoms with E-state index in [-0.39, 0.29) is 0 Å². The van der Waals surface area contributed by atoms with Crippen LogP contribution in [0.25, 0.3) is 0 Å². The lowest BCUT2D eigenvalue weighted by Crippen LogP contribution is -2.34. The third-order valence-corrected chi connectivity index (χ3v) is 4.83. The van der Waals surface area contributed by atoms with Crippen LogP contribution in [0.5, 0.6) is 0 Å². The Hall–Kier alpha value is -1.02. The second-order valence-electron chi connectivity index (χ2n) is 6.21. The van der Waals surface area contributed by atoms with E-state index in [9.17, 15) is 0 Å². The second kappa shape index (κ2) is 8.43. The number of hydrogen-bond donors (Lipinski definition) is 1. The van der Waals surface area contributed by atoms with Crippen molar-refractivity contribution in [3.05, 3.63) is 29.8 Å². The molecule has 2 rings (SSSR count). The molecule has 0 aliphatic carbocycles. The largest absolute Gasteiger partial charge is 0.369 e. The molecular weight excluding hydrogens is 256 g/mol. The van der Waals surface area contributed by atoms with Gasteiger partial charge in [0.05, 0.1) is 0 Å². The Balaban J connectivity index is 2.12. The molecule has 1 aliphatic heterocycles. The second-order valence-corrected chi connectivity index (χ2v) is 6.21. The van der Waals surface area contributed by atoms with Gasteiger partial charge in [0.15, 0.2) is 0 Å². The maximum atomic E-state index is 3.56. The van der Waals surface area contributed by atoms with E-state index >= 15 is 0 Å². The van der Waals surface area contributed by atoms with E-state index in [1.54, 1.807) is 0 Å². The first-order valence-electron chi connectivity index (χ1n) is 8.90.